The molecular weight excluding hydrogens is 212 g/mol. The number of nitrogens with one attached hydrogen (secondary N) is 2. The molecular formula is C6H8N2O5S. The van der Waals surface area contributed by atoms with Crippen molar-refractivity contribution in [2.24, 2.45) is 0 Å². The van der Waals surface area contributed by atoms with Crippen molar-refractivity contribution in [2.45, 2.75) is 23.9 Å². The van der Waals surface area contributed by atoms with Gasteiger partial charge in [0, 0.05) is 12.5 Å². The van der Waals surface area contributed by atoms with E-state index in [4.69, 9.17) is 4.55 Å². The van der Waals surface area contributed by atoms with E-state index in [1.807, 2.05) is 0 Å². The third kappa shape index (κ3) is 1.31. The fraction of sp³-hybridized carbons (Fsp3) is 0.667. The van der Waals surface area contributed by atoms with Gasteiger partial charge in [-0.3, -0.25) is 19.5 Å². The first kappa shape index (κ1) is 9.56. The number of Topliss-reactive ketones (excluding diaryl/α,β-unsaturated/α-hetero) is 1. The van der Waals surface area contributed by atoms with E-state index >= 15 is 0 Å². The minimum absolute atomic E-state index is 0.0580. The number of carbonyl (C=O) groups is 2. The molecule has 14 heavy (non-hydrogen) atoms. The second kappa shape index (κ2) is 2.75. The van der Waals surface area contributed by atoms with Gasteiger partial charge in [0.2, 0.25) is 5.91 Å². The minimum atomic E-state index is -4.42. The van der Waals surface area contributed by atoms with Crippen LogP contribution in [-0.2, 0) is 19.7 Å². The van der Waals surface area contributed by atoms with Crippen LogP contribution in [0, 0.1) is 0 Å². The summed E-state index contributed by atoms with van der Waals surface area (Å²) in [6, 6.07) is -1.35. The summed E-state index contributed by atoms with van der Waals surface area (Å²) in [5, 5.41) is 3.14. The second-order valence-electron chi connectivity index (χ2n) is 3.32. The molecule has 1 amide bonds. The molecule has 78 valence electrons. The molecule has 2 heterocycles. The molecule has 2 aliphatic heterocycles. The van der Waals surface area contributed by atoms with Gasteiger partial charge in [-0.15, -0.1) is 0 Å². The molecule has 0 bridgehead atoms. The summed E-state index contributed by atoms with van der Waals surface area (Å²) in [6.07, 6.45) is 0.0580. The van der Waals surface area contributed by atoms with Gasteiger partial charge in [-0.1, -0.05) is 0 Å². The van der Waals surface area contributed by atoms with Crippen LogP contribution in [0.2, 0.25) is 0 Å². The van der Waals surface area contributed by atoms with Crippen molar-refractivity contribution < 1.29 is 22.6 Å². The number of fused-ring (bicyclic) bond motifs is 1. The molecule has 3 N–H and O–H groups in total. The summed E-state index contributed by atoms with van der Waals surface area (Å²) in [7, 11) is -4.42. The Morgan fingerprint density at radius 1 is 1.36 bits per heavy atom. The Bertz CT molecular complexity index is 402. The monoisotopic (exact) mass is 220 g/mol. The van der Waals surface area contributed by atoms with Gasteiger partial charge in [0.05, 0.1) is 0 Å². The smallest absolute Gasteiger partial charge is 0.288 e. The molecule has 2 saturated heterocycles. The van der Waals surface area contributed by atoms with E-state index in [1.165, 1.54) is 0 Å². The predicted molar refractivity (Wildman–Crippen MR) is 43.8 cm³/mol. The van der Waals surface area contributed by atoms with E-state index in [9.17, 15) is 18.0 Å². The van der Waals surface area contributed by atoms with Crippen molar-refractivity contribution in [3.05, 3.63) is 0 Å². The number of rotatable bonds is 1. The summed E-state index contributed by atoms with van der Waals surface area (Å²) in [6.45, 7) is 0. The first-order valence-electron chi connectivity index (χ1n) is 3.95. The Balaban J connectivity index is 2.26. The molecule has 0 aromatic rings. The molecule has 0 aromatic heterocycles. The molecule has 0 aromatic carbocycles. The Morgan fingerprint density at radius 3 is 2.50 bits per heavy atom. The Hall–Kier alpha value is -0.990. The van der Waals surface area contributed by atoms with Crippen LogP contribution in [0.5, 0.6) is 0 Å². The summed E-state index contributed by atoms with van der Waals surface area (Å²) in [5.74, 6) is -1.00. The van der Waals surface area contributed by atoms with E-state index in [-0.39, 0.29) is 12.3 Å². The number of ketones is 1. The second-order valence-corrected chi connectivity index (χ2v) is 4.82. The van der Waals surface area contributed by atoms with Crippen LogP contribution >= 0.6 is 0 Å². The standard InChI is InChI=1S/C6H8N2O5S/c9-3-1-2-4(8-3)5(10)6(7-2)14(11,12)13/h2,4,6-7H,1H2,(H,8,9)(H,11,12,13). The molecule has 0 saturated carbocycles. The van der Waals surface area contributed by atoms with Crippen molar-refractivity contribution in [1.82, 2.24) is 10.6 Å². The van der Waals surface area contributed by atoms with Crippen molar-refractivity contribution in [3.8, 4) is 0 Å². The number of amides is 1. The van der Waals surface area contributed by atoms with Crippen LogP contribution < -0.4 is 10.6 Å². The van der Waals surface area contributed by atoms with Crippen LogP contribution in [-0.4, -0.2) is 42.1 Å². The van der Waals surface area contributed by atoms with Gasteiger partial charge in [0.1, 0.15) is 6.04 Å². The summed E-state index contributed by atoms with van der Waals surface area (Å²) < 4.78 is 30.1. The third-order valence-electron chi connectivity index (χ3n) is 2.35. The van der Waals surface area contributed by atoms with Gasteiger partial charge in [-0.2, -0.15) is 8.42 Å². The maximum atomic E-state index is 11.4. The van der Waals surface area contributed by atoms with Gasteiger partial charge in [0.25, 0.3) is 10.1 Å². The zero-order chi connectivity index (χ0) is 10.5. The highest BCUT2D eigenvalue weighted by molar-refractivity contribution is 7.87. The quantitative estimate of drug-likeness (QED) is 0.426. The van der Waals surface area contributed by atoms with Crippen molar-refractivity contribution >= 4 is 21.8 Å². The molecule has 2 rings (SSSR count). The lowest BCUT2D eigenvalue weighted by atomic mass is 10.1. The summed E-state index contributed by atoms with van der Waals surface area (Å²) in [5.41, 5.74) is 0. The number of carbonyl (C=O) groups excluding carboxylic acids is 2. The SMILES string of the molecule is O=C1CC2NC(S(=O)(=O)O)C(=O)C2N1. The normalized spacial score (nSPS) is 37.1. The van der Waals surface area contributed by atoms with Crippen molar-refractivity contribution in [3.63, 3.8) is 0 Å². The van der Waals surface area contributed by atoms with Gasteiger partial charge in [-0.05, 0) is 0 Å². The maximum Gasteiger partial charge on any atom is 0.288 e. The molecule has 2 aliphatic rings. The van der Waals surface area contributed by atoms with Crippen LogP contribution in [0.4, 0.5) is 0 Å². The number of hydrogen-bond donors (Lipinski definition) is 3. The van der Waals surface area contributed by atoms with E-state index in [2.05, 4.69) is 10.6 Å². The van der Waals surface area contributed by atoms with E-state index in [0.29, 0.717) is 0 Å². The maximum absolute atomic E-state index is 11.4. The highest BCUT2D eigenvalue weighted by Gasteiger charge is 2.51. The first-order chi connectivity index (χ1) is 6.39. The number of hydrogen-bond acceptors (Lipinski definition) is 5. The van der Waals surface area contributed by atoms with Crippen LogP contribution in [0.25, 0.3) is 0 Å². The lowest BCUT2D eigenvalue weighted by Crippen LogP contribution is -2.40. The van der Waals surface area contributed by atoms with E-state index in [1.54, 1.807) is 0 Å². The lowest BCUT2D eigenvalue weighted by molar-refractivity contribution is -0.123. The summed E-state index contributed by atoms with van der Waals surface area (Å²) in [4.78, 5) is 22.2. The fourth-order valence-corrected chi connectivity index (χ4v) is 2.53. The third-order valence-corrected chi connectivity index (χ3v) is 3.32. The van der Waals surface area contributed by atoms with Crippen LogP contribution in [0.1, 0.15) is 6.42 Å². The molecule has 3 atom stereocenters. The zero-order valence-electron chi connectivity index (χ0n) is 6.93. The topological polar surface area (TPSA) is 113 Å². The van der Waals surface area contributed by atoms with Crippen molar-refractivity contribution in [2.75, 3.05) is 0 Å². The lowest BCUT2D eigenvalue weighted by Gasteiger charge is -2.06. The predicted octanol–water partition coefficient (Wildman–Crippen LogP) is -2.37. The highest BCUT2D eigenvalue weighted by atomic mass is 32.2. The van der Waals surface area contributed by atoms with Gasteiger partial charge >= 0.3 is 0 Å². The molecule has 3 unspecified atom stereocenters. The average molecular weight is 220 g/mol. The zero-order valence-corrected chi connectivity index (χ0v) is 7.74. The minimum Gasteiger partial charge on any atom is -0.345 e. The fourth-order valence-electron chi connectivity index (χ4n) is 1.75. The van der Waals surface area contributed by atoms with E-state index < -0.39 is 33.4 Å². The molecule has 7 nitrogen and oxygen atoms in total. The molecule has 2 fully saturated rings. The first-order valence-corrected chi connectivity index (χ1v) is 5.45. The molecule has 0 radical (unpaired) electrons. The highest BCUT2D eigenvalue weighted by Crippen LogP contribution is 2.20. The van der Waals surface area contributed by atoms with Crippen LogP contribution in [0.3, 0.4) is 0 Å². The van der Waals surface area contributed by atoms with Gasteiger partial charge in [0.15, 0.2) is 11.2 Å². The largest absolute Gasteiger partial charge is 0.345 e. The van der Waals surface area contributed by atoms with Crippen molar-refractivity contribution in [1.29, 1.82) is 0 Å². The molecule has 8 heteroatoms. The van der Waals surface area contributed by atoms with Gasteiger partial charge < -0.3 is 5.32 Å². The van der Waals surface area contributed by atoms with Crippen LogP contribution in [0.15, 0.2) is 0 Å². The average Bonchev–Trinajstić information content (AvgIpc) is 2.49. The van der Waals surface area contributed by atoms with E-state index in [0.717, 1.165) is 0 Å². The Kier molecular flexibility index (Phi) is 1.88. The Morgan fingerprint density at radius 2 is 2.00 bits per heavy atom. The van der Waals surface area contributed by atoms with Gasteiger partial charge in [-0.25, -0.2) is 0 Å². The summed E-state index contributed by atoms with van der Waals surface area (Å²) >= 11 is 0. The molecule has 0 aliphatic carbocycles. The molecule has 0 spiro atoms. The Labute approximate surface area is 79.6 Å².